The highest BCUT2D eigenvalue weighted by atomic mass is 32.1. The fourth-order valence-electron chi connectivity index (χ4n) is 11.6. The molecular formula is C69H47NS2. The van der Waals surface area contributed by atoms with Crippen molar-refractivity contribution in [2.45, 2.75) is 19.3 Å². The predicted molar refractivity (Wildman–Crippen MR) is 312 cm³/mol. The molecule has 0 radical (unpaired) electrons. The normalized spacial score (nSPS) is 12.7. The van der Waals surface area contributed by atoms with Crippen molar-refractivity contribution >= 4 is 80.1 Å². The van der Waals surface area contributed by atoms with Crippen LogP contribution in [-0.4, -0.2) is 0 Å². The number of nitrogens with zero attached hydrogens (tertiary/aromatic N) is 1. The van der Waals surface area contributed by atoms with E-state index in [-0.39, 0.29) is 5.41 Å². The maximum atomic E-state index is 2.45. The molecule has 2 heterocycles. The van der Waals surface area contributed by atoms with Crippen LogP contribution in [0.5, 0.6) is 0 Å². The van der Waals surface area contributed by atoms with Crippen LogP contribution in [0.15, 0.2) is 249 Å². The Bertz CT molecular complexity index is 4040. The molecule has 13 aromatic rings. The van der Waals surface area contributed by atoms with Gasteiger partial charge in [-0.1, -0.05) is 196 Å². The van der Waals surface area contributed by atoms with Gasteiger partial charge in [0.1, 0.15) is 0 Å². The average Bonchev–Trinajstić information content (AvgIpc) is 4.09. The van der Waals surface area contributed by atoms with Gasteiger partial charge in [-0.15, -0.1) is 22.7 Å². The molecule has 1 aliphatic rings. The van der Waals surface area contributed by atoms with Gasteiger partial charge in [-0.25, -0.2) is 0 Å². The zero-order valence-corrected chi connectivity index (χ0v) is 41.6. The Labute approximate surface area is 428 Å². The van der Waals surface area contributed by atoms with E-state index in [0.717, 1.165) is 17.1 Å². The third-order valence-electron chi connectivity index (χ3n) is 15.1. The standard InChI is InChI=1S/C69H47NS2/c1-69(2)63-43-49(33-40-56(63)62-42-50(44-15-5-3-6-16-44)41-61(66(62)69)46-17-7-4-8-18-46)45-27-34-51(35-28-45)70(52-36-29-47(30-37-52)54-21-13-23-59-57-19-9-11-25-64(57)71-67(54)59)53-38-31-48(32-39-53)55-22-14-24-60-58-20-10-12-26-65(58)72-68(55)60/h3-43H,1-2H3. The number of anilines is 3. The fraction of sp³-hybridized carbons (Fsp3) is 0.0435. The Morgan fingerprint density at radius 2 is 0.708 bits per heavy atom. The molecule has 0 saturated heterocycles. The summed E-state index contributed by atoms with van der Waals surface area (Å²) in [4.78, 5) is 2.40. The molecule has 0 N–H and O–H groups in total. The first-order valence-corrected chi connectivity index (χ1v) is 26.4. The third-order valence-corrected chi connectivity index (χ3v) is 17.5. The molecule has 72 heavy (non-hydrogen) atoms. The van der Waals surface area contributed by atoms with E-state index in [9.17, 15) is 0 Å². The lowest BCUT2D eigenvalue weighted by atomic mass is 9.77. The zero-order chi connectivity index (χ0) is 47.9. The minimum Gasteiger partial charge on any atom is -0.311 e. The van der Waals surface area contributed by atoms with Crippen molar-refractivity contribution in [1.29, 1.82) is 0 Å². The Morgan fingerprint density at radius 3 is 1.25 bits per heavy atom. The number of thiophene rings is 2. The molecule has 11 aromatic carbocycles. The number of fused-ring (bicyclic) bond motifs is 9. The summed E-state index contributed by atoms with van der Waals surface area (Å²) in [6.45, 7) is 4.80. The molecule has 3 heteroatoms. The monoisotopic (exact) mass is 953 g/mol. The molecule has 0 amide bonds. The van der Waals surface area contributed by atoms with E-state index < -0.39 is 0 Å². The number of rotatable bonds is 8. The molecule has 14 rings (SSSR count). The van der Waals surface area contributed by atoms with Crippen LogP contribution >= 0.6 is 22.7 Å². The number of hydrogen-bond donors (Lipinski definition) is 0. The van der Waals surface area contributed by atoms with Crippen LogP contribution in [0.4, 0.5) is 17.1 Å². The van der Waals surface area contributed by atoms with E-state index in [1.165, 1.54) is 118 Å². The fourth-order valence-corrected chi connectivity index (χ4v) is 14.0. The van der Waals surface area contributed by atoms with Gasteiger partial charge in [-0.2, -0.15) is 0 Å². The Balaban J connectivity index is 0.846. The van der Waals surface area contributed by atoms with E-state index in [1.807, 2.05) is 22.7 Å². The Kier molecular flexibility index (Phi) is 9.99. The Morgan fingerprint density at radius 1 is 0.292 bits per heavy atom. The highest BCUT2D eigenvalue weighted by Gasteiger charge is 2.38. The van der Waals surface area contributed by atoms with E-state index in [1.54, 1.807) is 0 Å². The van der Waals surface area contributed by atoms with E-state index in [2.05, 4.69) is 267 Å². The molecule has 0 aliphatic heterocycles. The molecular weight excluding hydrogens is 907 g/mol. The van der Waals surface area contributed by atoms with Gasteiger partial charge in [-0.05, 0) is 145 Å². The van der Waals surface area contributed by atoms with Gasteiger partial charge in [0.2, 0.25) is 0 Å². The first-order chi connectivity index (χ1) is 35.4. The second-order valence-electron chi connectivity index (χ2n) is 19.6. The van der Waals surface area contributed by atoms with Crippen molar-refractivity contribution in [3.63, 3.8) is 0 Å². The van der Waals surface area contributed by atoms with Crippen LogP contribution in [0.3, 0.4) is 0 Å². The van der Waals surface area contributed by atoms with Crippen LogP contribution in [0, 0.1) is 0 Å². The van der Waals surface area contributed by atoms with Gasteiger partial charge in [0.05, 0.1) is 0 Å². The van der Waals surface area contributed by atoms with Crippen LogP contribution in [0.1, 0.15) is 25.0 Å². The first kappa shape index (κ1) is 42.5. The minimum atomic E-state index is -0.207. The van der Waals surface area contributed by atoms with Crippen molar-refractivity contribution in [1.82, 2.24) is 0 Å². The first-order valence-electron chi connectivity index (χ1n) is 24.8. The second-order valence-corrected chi connectivity index (χ2v) is 21.7. The molecule has 0 bridgehead atoms. The minimum absolute atomic E-state index is 0.207. The maximum absolute atomic E-state index is 2.45. The summed E-state index contributed by atoms with van der Waals surface area (Å²) in [5, 5.41) is 5.27. The van der Waals surface area contributed by atoms with Crippen molar-refractivity contribution in [3.05, 3.63) is 260 Å². The van der Waals surface area contributed by atoms with Crippen LogP contribution in [0.25, 0.3) is 107 Å². The maximum Gasteiger partial charge on any atom is 0.0462 e. The summed E-state index contributed by atoms with van der Waals surface area (Å²) in [6, 6.07) is 92.1. The van der Waals surface area contributed by atoms with Gasteiger partial charge in [0, 0.05) is 62.8 Å². The summed E-state index contributed by atoms with van der Waals surface area (Å²) in [7, 11) is 0. The molecule has 0 fully saturated rings. The van der Waals surface area contributed by atoms with Crippen LogP contribution in [-0.2, 0) is 5.41 Å². The lowest BCUT2D eigenvalue weighted by Gasteiger charge is -2.26. The lowest BCUT2D eigenvalue weighted by molar-refractivity contribution is 0.662. The zero-order valence-electron chi connectivity index (χ0n) is 39.9. The molecule has 0 unspecified atom stereocenters. The number of benzene rings is 11. The third kappa shape index (κ3) is 6.95. The number of hydrogen-bond acceptors (Lipinski definition) is 3. The smallest absolute Gasteiger partial charge is 0.0462 e. The molecule has 1 aliphatic carbocycles. The quantitative estimate of drug-likeness (QED) is 0.147. The summed E-state index contributed by atoms with van der Waals surface area (Å²) < 4.78 is 5.30. The van der Waals surface area contributed by atoms with Crippen molar-refractivity contribution in [3.8, 4) is 66.8 Å². The van der Waals surface area contributed by atoms with Crippen molar-refractivity contribution in [2.75, 3.05) is 4.90 Å². The Hall–Kier alpha value is -8.34. The summed E-state index contributed by atoms with van der Waals surface area (Å²) >= 11 is 3.76. The average molecular weight is 954 g/mol. The SMILES string of the molecule is CC1(C)c2cc(-c3ccc(N(c4ccc(-c5cccc6c5sc5ccccc56)cc4)c4ccc(-c5cccc6c5sc5ccccc56)cc4)cc3)ccc2-c2cc(-c3ccccc3)cc(-c3ccccc3)c21. The van der Waals surface area contributed by atoms with Crippen LogP contribution in [0.2, 0.25) is 0 Å². The molecule has 0 saturated carbocycles. The van der Waals surface area contributed by atoms with Gasteiger partial charge in [-0.3, -0.25) is 0 Å². The summed E-state index contributed by atoms with van der Waals surface area (Å²) in [5.74, 6) is 0. The van der Waals surface area contributed by atoms with E-state index in [4.69, 9.17) is 0 Å². The molecule has 0 atom stereocenters. The highest BCUT2D eigenvalue weighted by molar-refractivity contribution is 7.26. The molecule has 2 aromatic heterocycles. The summed E-state index contributed by atoms with van der Waals surface area (Å²) in [5.41, 5.74) is 20.9. The van der Waals surface area contributed by atoms with Gasteiger partial charge >= 0.3 is 0 Å². The highest BCUT2D eigenvalue weighted by Crippen LogP contribution is 2.54. The summed E-state index contributed by atoms with van der Waals surface area (Å²) in [6.07, 6.45) is 0. The van der Waals surface area contributed by atoms with Gasteiger partial charge in [0.15, 0.2) is 0 Å². The van der Waals surface area contributed by atoms with Crippen LogP contribution < -0.4 is 4.90 Å². The van der Waals surface area contributed by atoms with Crippen molar-refractivity contribution < 1.29 is 0 Å². The molecule has 1 nitrogen and oxygen atoms in total. The predicted octanol–water partition coefficient (Wildman–Crippen LogP) is 20.5. The second kappa shape index (κ2) is 16.9. The van der Waals surface area contributed by atoms with Gasteiger partial charge in [0.25, 0.3) is 0 Å². The largest absolute Gasteiger partial charge is 0.311 e. The van der Waals surface area contributed by atoms with E-state index in [0.29, 0.717) is 0 Å². The van der Waals surface area contributed by atoms with Gasteiger partial charge < -0.3 is 4.90 Å². The topological polar surface area (TPSA) is 3.24 Å². The van der Waals surface area contributed by atoms with E-state index >= 15 is 0 Å². The van der Waals surface area contributed by atoms with Crippen molar-refractivity contribution in [2.24, 2.45) is 0 Å². The lowest BCUT2D eigenvalue weighted by Crippen LogP contribution is -2.16. The molecule has 340 valence electrons. The molecule has 0 spiro atoms.